The third kappa shape index (κ3) is 5.12. The summed E-state index contributed by atoms with van der Waals surface area (Å²) in [7, 11) is 0. The summed E-state index contributed by atoms with van der Waals surface area (Å²) in [5, 5.41) is 3.45. The highest BCUT2D eigenvalue weighted by Gasteiger charge is 2.31. The quantitative estimate of drug-likeness (QED) is 0.834. The monoisotopic (exact) mass is 346 g/mol. The molecule has 1 aliphatic rings. The van der Waals surface area contributed by atoms with Gasteiger partial charge >= 0.3 is 6.18 Å². The van der Waals surface area contributed by atoms with Crippen molar-refractivity contribution < 1.29 is 18.0 Å². The van der Waals surface area contributed by atoms with Crippen molar-refractivity contribution in [3.63, 3.8) is 0 Å². The molecule has 0 bridgehead atoms. The molecule has 0 aromatic carbocycles. The zero-order valence-electron chi connectivity index (χ0n) is 13.2. The van der Waals surface area contributed by atoms with E-state index in [4.69, 9.17) is 0 Å². The Kier molecular flexibility index (Phi) is 5.95. The van der Waals surface area contributed by atoms with E-state index in [0.29, 0.717) is 16.9 Å². The lowest BCUT2D eigenvalue weighted by Crippen LogP contribution is -2.44. The molecule has 3 atom stereocenters. The van der Waals surface area contributed by atoms with E-state index in [-0.39, 0.29) is 17.7 Å². The van der Waals surface area contributed by atoms with Crippen LogP contribution in [0.2, 0.25) is 0 Å². The fourth-order valence-corrected chi connectivity index (χ4v) is 3.46. The van der Waals surface area contributed by atoms with Crippen LogP contribution in [0, 0.1) is 11.8 Å². The van der Waals surface area contributed by atoms with Crippen LogP contribution in [0.1, 0.15) is 38.7 Å². The van der Waals surface area contributed by atoms with E-state index < -0.39 is 11.7 Å². The van der Waals surface area contributed by atoms with E-state index >= 15 is 0 Å². The zero-order valence-corrected chi connectivity index (χ0v) is 14.0. The summed E-state index contributed by atoms with van der Waals surface area (Å²) in [5.74, 6) is 1.11. The van der Waals surface area contributed by atoms with Crippen molar-refractivity contribution in [3.8, 4) is 0 Å². The number of carbonyl (C=O) groups is 1. The van der Waals surface area contributed by atoms with Crippen LogP contribution in [0.4, 0.5) is 13.2 Å². The molecule has 1 fully saturated rings. The Balaban J connectivity index is 1.82. The van der Waals surface area contributed by atoms with Crippen LogP contribution in [-0.2, 0) is 11.0 Å². The number of alkyl halides is 3. The highest BCUT2D eigenvalue weighted by atomic mass is 32.2. The lowest BCUT2D eigenvalue weighted by molar-refractivity contribution is -0.137. The molecule has 0 saturated heterocycles. The summed E-state index contributed by atoms with van der Waals surface area (Å²) in [6, 6.07) is 2.47. The fourth-order valence-electron chi connectivity index (χ4n) is 2.81. The summed E-state index contributed by atoms with van der Waals surface area (Å²) < 4.78 is 37.4. The van der Waals surface area contributed by atoms with Crippen molar-refractivity contribution in [2.45, 2.75) is 50.4 Å². The van der Waals surface area contributed by atoms with Gasteiger partial charge in [0.2, 0.25) is 5.91 Å². The second kappa shape index (κ2) is 7.55. The normalized spacial score (nSPS) is 25.2. The van der Waals surface area contributed by atoms with Crippen LogP contribution in [0.5, 0.6) is 0 Å². The molecule has 1 aromatic rings. The van der Waals surface area contributed by atoms with Crippen LogP contribution in [0.15, 0.2) is 23.4 Å². The minimum Gasteiger partial charge on any atom is -0.352 e. The van der Waals surface area contributed by atoms with Crippen molar-refractivity contribution in [2.24, 2.45) is 11.8 Å². The Morgan fingerprint density at radius 3 is 2.70 bits per heavy atom. The maximum Gasteiger partial charge on any atom is 0.417 e. The average molecular weight is 346 g/mol. The van der Waals surface area contributed by atoms with E-state index in [0.717, 1.165) is 36.9 Å². The number of hydrogen-bond acceptors (Lipinski definition) is 3. The summed E-state index contributed by atoms with van der Waals surface area (Å²) in [6.45, 7) is 4.35. The van der Waals surface area contributed by atoms with E-state index in [9.17, 15) is 18.0 Å². The molecule has 23 heavy (non-hydrogen) atoms. The molecule has 1 N–H and O–H groups in total. The van der Waals surface area contributed by atoms with E-state index in [2.05, 4.69) is 24.1 Å². The number of pyridine rings is 1. The largest absolute Gasteiger partial charge is 0.417 e. The molecule has 1 aliphatic carbocycles. The first-order valence-corrected chi connectivity index (χ1v) is 8.71. The number of halogens is 3. The van der Waals surface area contributed by atoms with E-state index in [1.54, 1.807) is 0 Å². The number of rotatable bonds is 4. The maximum absolute atomic E-state index is 12.5. The lowest BCUT2D eigenvalue weighted by Gasteiger charge is -2.34. The number of amides is 1. The third-order valence-electron chi connectivity index (χ3n) is 4.47. The average Bonchev–Trinajstić information content (AvgIpc) is 2.49. The molecular formula is C16H21F3N2OS. The predicted octanol–water partition coefficient (Wildman–Crippen LogP) is 4.13. The molecule has 0 spiro atoms. The van der Waals surface area contributed by atoms with Crippen LogP contribution in [0.25, 0.3) is 0 Å². The molecule has 128 valence electrons. The SMILES string of the molecule is CC1CCCC(NC(=O)CSc2ccc(C(F)(F)F)cn2)C1C. The Morgan fingerprint density at radius 2 is 2.09 bits per heavy atom. The maximum atomic E-state index is 12.5. The van der Waals surface area contributed by atoms with Gasteiger partial charge in [-0.2, -0.15) is 13.2 Å². The Bertz CT molecular complexity index is 533. The van der Waals surface area contributed by atoms with Gasteiger partial charge in [0.25, 0.3) is 0 Å². The second-order valence-corrected chi connectivity index (χ2v) is 7.11. The molecular weight excluding hydrogens is 325 g/mol. The van der Waals surface area contributed by atoms with Crippen LogP contribution >= 0.6 is 11.8 Å². The standard InChI is InChI=1S/C16H21F3N2OS/c1-10-4-3-5-13(11(10)2)21-14(22)9-23-15-7-6-12(8-20-15)16(17,18)19/h6-8,10-11,13H,3-5,9H2,1-2H3,(H,21,22). The van der Waals surface area contributed by atoms with Gasteiger partial charge in [-0.25, -0.2) is 4.98 Å². The molecule has 0 radical (unpaired) electrons. The highest BCUT2D eigenvalue weighted by Crippen LogP contribution is 2.30. The number of carbonyl (C=O) groups excluding carboxylic acids is 1. The molecule has 1 heterocycles. The fraction of sp³-hybridized carbons (Fsp3) is 0.625. The van der Waals surface area contributed by atoms with Gasteiger partial charge < -0.3 is 5.32 Å². The number of thioether (sulfide) groups is 1. The summed E-state index contributed by atoms with van der Waals surface area (Å²) >= 11 is 1.15. The minimum atomic E-state index is -4.39. The van der Waals surface area contributed by atoms with Gasteiger partial charge in [0.05, 0.1) is 16.3 Å². The predicted molar refractivity (Wildman–Crippen MR) is 84.1 cm³/mol. The summed E-state index contributed by atoms with van der Waals surface area (Å²) in [4.78, 5) is 15.8. The van der Waals surface area contributed by atoms with Gasteiger partial charge in [-0.15, -0.1) is 0 Å². The van der Waals surface area contributed by atoms with Crippen LogP contribution < -0.4 is 5.32 Å². The Labute approximate surface area is 138 Å². The molecule has 3 nitrogen and oxygen atoms in total. The topological polar surface area (TPSA) is 42.0 Å². The number of nitrogens with zero attached hydrogens (tertiary/aromatic N) is 1. The minimum absolute atomic E-state index is 0.0948. The molecule has 1 saturated carbocycles. The van der Waals surface area contributed by atoms with Crippen molar-refractivity contribution in [3.05, 3.63) is 23.9 Å². The van der Waals surface area contributed by atoms with Crippen LogP contribution in [0.3, 0.4) is 0 Å². The first-order valence-electron chi connectivity index (χ1n) is 7.73. The van der Waals surface area contributed by atoms with Gasteiger partial charge in [0.1, 0.15) is 0 Å². The van der Waals surface area contributed by atoms with E-state index in [1.807, 2.05) is 0 Å². The molecule has 1 amide bonds. The molecule has 0 aliphatic heterocycles. The second-order valence-electron chi connectivity index (χ2n) is 6.11. The number of aromatic nitrogens is 1. The van der Waals surface area contributed by atoms with Gasteiger partial charge in [-0.05, 0) is 30.4 Å². The number of hydrogen-bond donors (Lipinski definition) is 1. The first kappa shape index (κ1) is 18.1. The Hall–Kier alpha value is -1.24. The van der Waals surface area contributed by atoms with Crippen molar-refractivity contribution >= 4 is 17.7 Å². The number of nitrogens with one attached hydrogen (secondary N) is 1. The zero-order chi connectivity index (χ0) is 17.0. The molecule has 1 aromatic heterocycles. The van der Waals surface area contributed by atoms with Crippen molar-refractivity contribution in [2.75, 3.05) is 5.75 Å². The molecule has 3 unspecified atom stereocenters. The Morgan fingerprint density at radius 1 is 1.35 bits per heavy atom. The third-order valence-corrected chi connectivity index (χ3v) is 5.41. The van der Waals surface area contributed by atoms with Crippen LogP contribution in [-0.4, -0.2) is 22.7 Å². The van der Waals surface area contributed by atoms with Gasteiger partial charge in [-0.3, -0.25) is 4.79 Å². The smallest absolute Gasteiger partial charge is 0.352 e. The summed E-state index contributed by atoms with van der Waals surface area (Å²) in [5.41, 5.74) is -0.781. The lowest BCUT2D eigenvalue weighted by atomic mass is 9.78. The molecule has 7 heteroatoms. The van der Waals surface area contributed by atoms with Gasteiger partial charge in [-0.1, -0.05) is 38.5 Å². The van der Waals surface area contributed by atoms with Crippen molar-refractivity contribution in [1.29, 1.82) is 0 Å². The highest BCUT2D eigenvalue weighted by molar-refractivity contribution is 7.99. The molecule has 2 rings (SSSR count). The van der Waals surface area contributed by atoms with Gasteiger partial charge in [0.15, 0.2) is 0 Å². The summed E-state index contributed by atoms with van der Waals surface area (Å²) in [6.07, 6.45) is -0.297. The first-order chi connectivity index (χ1) is 10.8. The van der Waals surface area contributed by atoms with Gasteiger partial charge in [0, 0.05) is 12.2 Å². The van der Waals surface area contributed by atoms with Crippen molar-refractivity contribution in [1.82, 2.24) is 10.3 Å². The van der Waals surface area contributed by atoms with E-state index in [1.165, 1.54) is 12.5 Å².